The van der Waals surface area contributed by atoms with Crippen molar-refractivity contribution in [1.29, 1.82) is 0 Å². The first-order chi connectivity index (χ1) is 12.4. The number of rotatable bonds is 6. The van der Waals surface area contributed by atoms with Crippen molar-refractivity contribution < 1.29 is 4.74 Å². The Kier molecular flexibility index (Phi) is 5.35. The van der Waals surface area contributed by atoms with Crippen molar-refractivity contribution in [3.8, 4) is 0 Å². The van der Waals surface area contributed by atoms with Gasteiger partial charge in [0, 0.05) is 25.4 Å². The lowest BCUT2D eigenvalue weighted by Crippen LogP contribution is -2.37. The van der Waals surface area contributed by atoms with Crippen molar-refractivity contribution in [2.45, 2.75) is 11.7 Å². The molecule has 130 valence electrons. The van der Waals surface area contributed by atoms with E-state index >= 15 is 0 Å². The standard InChI is InChI=1S/C20H23N3OS/c1-2-6-17(7-3-1)16-23-19-9-5-4-8-18(19)21-20(23)25-15-12-22-10-13-24-14-11-22/h1-9H,10-16H2. The first kappa shape index (κ1) is 16.6. The number of para-hydroxylation sites is 2. The quantitative estimate of drug-likeness (QED) is 0.635. The zero-order chi connectivity index (χ0) is 16.9. The Balaban J connectivity index is 1.51. The topological polar surface area (TPSA) is 30.3 Å². The van der Waals surface area contributed by atoms with Gasteiger partial charge >= 0.3 is 0 Å². The average Bonchev–Trinajstić information content (AvgIpc) is 3.01. The van der Waals surface area contributed by atoms with E-state index in [0.29, 0.717) is 0 Å². The second-order valence-corrected chi connectivity index (χ2v) is 7.32. The maximum atomic E-state index is 5.42. The van der Waals surface area contributed by atoms with Crippen LogP contribution in [0.4, 0.5) is 0 Å². The fraction of sp³-hybridized carbons (Fsp3) is 0.350. The smallest absolute Gasteiger partial charge is 0.169 e. The number of aromatic nitrogens is 2. The summed E-state index contributed by atoms with van der Waals surface area (Å²) in [5.74, 6) is 1.05. The van der Waals surface area contributed by atoms with Crippen molar-refractivity contribution in [3.63, 3.8) is 0 Å². The summed E-state index contributed by atoms with van der Waals surface area (Å²) in [6.07, 6.45) is 0. The molecule has 4 nitrogen and oxygen atoms in total. The van der Waals surface area contributed by atoms with Crippen molar-refractivity contribution in [1.82, 2.24) is 14.5 Å². The first-order valence-corrected chi connectivity index (χ1v) is 9.81. The van der Waals surface area contributed by atoms with Crippen molar-refractivity contribution in [2.75, 3.05) is 38.6 Å². The lowest BCUT2D eigenvalue weighted by Gasteiger charge is -2.26. The number of ether oxygens (including phenoxy) is 1. The van der Waals surface area contributed by atoms with Gasteiger partial charge < -0.3 is 9.30 Å². The fourth-order valence-corrected chi connectivity index (χ4v) is 4.19. The molecule has 0 amide bonds. The third-order valence-corrected chi connectivity index (χ3v) is 5.50. The normalized spacial score (nSPS) is 15.7. The molecule has 25 heavy (non-hydrogen) atoms. The van der Waals surface area contributed by atoms with E-state index in [1.54, 1.807) is 0 Å². The molecule has 1 fully saturated rings. The highest BCUT2D eigenvalue weighted by molar-refractivity contribution is 7.99. The van der Waals surface area contributed by atoms with Crippen LogP contribution in [0.1, 0.15) is 5.56 Å². The molecule has 0 unspecified atom stereocenters. The number of morpholine rings is 1. The van der Waals surface area contributed by atoms with Crippen LogP contribution >= 0.6 is 11.8 Å². The van der Waals surface area contributed by atoms with E-state index in [-0.39, 0.29) is 0 Å². The molecule has 0 radical (unpaired) electrons. The zero-order valence-corrected chi connectivity index (χ0v) is 15.1. The van der Waals surface area contributed by atoms with Gasteiger partial charge in [0.1, 0.15) is 0 Å². The number of hydrogen-bond acceptors (Lipinski definition) is 4. The Morgan fingerprint density at radius 1 is 0.960 bits per heavy atom. The molecule has 0 N–H and O–H groups in total. The Morgan fingerprint density at radius 3 is 2.56 bits per heavy atom. The minimum absolute atomic E-state index is 0.858. The highest BCUT2D eigenvalue weighted by Crippen LogP contribution is 2.25. The average molecular weight is 353 g/mol. The van der Waals surface area contributed by atoms with Crippen molar-refractivity contribution in [2.24, 2.45) is 0 Å². The van der Waals surface area contributed by atoms with Crippen molar-refractivity contribution in [3.05, 3.63) is 60.2 Å². The van der Waals surface area contributed by atoms with E-state index in [4.69, 9.17) is 9.72 Å². The summed E-state index contributed by atoms with van der Waals surface area (Å²) in [6.45, 7) is 5.75. The third kappa shape index (κ3) is 4.06. The molecule has 0 spiro atoms. The monoisotopic (exact) mass is 353 g/mol. The second-order valence-electron chi connectivity index (χ2n) is 6.26. The molecule has 1 aromatic heterocycles. The minimum Gasteiger partial charge on any atom is -0.379 e. The Morgan fingerprint density at radius 2 is 1.72 bits per heavy atom. The number of nitrogens with zero attached hydrogens (tertiary/aromatic N) is 3. The van der Waals surface area contributed by atoms with Gasteiger partial charge in [0.15, 0.2) is 5.16 Å². The summed E-state index contributed by atoms with van der Waals surface area (Å²) in [5.41, 5.74) is 3.59. The van der Waals surface area contributed by atoms with E-state index in [1.165, 1.54) is 11.1 Å². The predicted octanol–water partition coefficient (Wildman–Crippen LogP) is 3.51. The number of imidazole rings is 1. The van der Waals surface area contributed by atoms with E-state index in [9.17, 15) is 0 Å². The number of fused-ring (bicyclic) bond motifs is 1. The zero-order valence-electron chi connectivity index (χ0n) is 14.3. The minimum atomic E-state index is 0.858. The first-order valence-electron chi connectivity index (χ1n) is 8.82. The molecular weight excluding hydrogens is 330 g/mol. The van der Waals surface area contributed by atoms with Crippen LogP contribution in [0.3, 0.4) is 0 Å². The molecule has 2 aromatic carbocycles. The maximum Gasteiger partial charge on any atom is 0.169 e. The number of benzene rings is 2. The summed E-state index contributed by atoms with van der Waals surface area (Å²) < 4.78 is 7.77. The van der Waals surface area contributed by atoms with Gasteiger partial charge in [-0.1, -0.05) is 54.2 Å². The van der Waals surface area contributed by atoms with Crippen LogP contribution < -0.4 is 0 Å². The van der Waals surface area contributed by atoms with Crippen LogP contribution in [0.25, 0.3) is 11.0 Å². The summed E-state index contributed by atoms with van der Waals surface area (Å²) in [4.78, 5) is 7.35. The maximum absolute atomic E-state index is 5.42. The van der Waals surface area contributed by atoms with Gasteiger partial charge in [-0.15, -0.1) is 0 Å². The largest absolute Gasteiger partial charge is 0.379 e. The van der Waals surface area contributed by atoms with Crippen LogP contribution in [0.2, 0.25) is 0 Å². The van der Waals surface area contributed by atoms with Crippen LogP contribution in [-0.2, 0) is 11.3 Å². The summed E-state index contributed by atoms with van der Waals surface area (Å²) in [6, 6.07) is 19.0. The molecule has 4 rings (SSSR count). The second kappa shape index (κ2) is 8.04. The summed E-state index contributed by atoms with van der Waals surface area (Å²) >= 11 is 1.86. The molecule has 0 saturated carbocycles. The van der Waals surface area contributed by atoms with Crippen LogP contribution in [0, 0.1) is 0 Å². The van der Waals surface area contributed by atoms with Gasteiger partial charge in [0.25, 0.3) is 0 Å². The Hall–Kier alpha value is -1.82. The SMILES string of the molecule is c1ccc(Cn2c(SCCN3CCOCC3)nc3ccccc32)cc1. The van der Waals surface area contributed by atoms with Gasteiger partial charge in [0.2, 0.25) is 0 Å². The molecule has 1 aliphatic heterocycles. The molecule has 1 aliphatic rings. The summed E-state index contributed by atoms with van der Waals surface area (Å²) in [7, 11) is 0. The summed E-state index contributed by atoms with van der Waals surface area (Å²) in [5, 5.41) is 1.11. The van der Waals surface area contributed by atoms with Gasteiger partial charge in [-0.3, -0.25) is 4.90 Å². The lowest BCUT2D eigenvalue weighted by atomic mass is 10.2. The Labute approximate surface area is 152 Å². The highest BCUT2D eigenvalue weighted by atomic mass is 32.2. The lowest BCUT2D eigenvalue weighted by molar-refractivity contribution is 0.0410. The predicted molar refractivity (Wildman–Crippen MR) is 103 cm³/mol. The molecule has 3 aromatic rings. The van der Waals surface area contributed by atoms with Crippen LogP contribution in [0.15, 0.2) is 59.8 Å². The molecule has 0 atom stereocenters. The molecular formula is C20H23N3OS. The molecule has 1 saturated heterocycles. The van der Waals surface area contributed by atoms with Crippen molar-refractivity contribution >= 4 is 22.8 Å². The molecule has 0 aliphatic carbocycles. The van der Waals surface area contributed by atoms with E-state index < -0.39 is 0 Å². The molecule has 2 heterocycles. The third-order valence-electron chi connectivity index (χ3n) is 4.55. The molecule has 0 bridgehead atoms. The van der Waals surface area contributed by atoms with E-state index in [1.807, 2.05) is 11.8 Å². The van der Waals surface area contributed by atoms with Crippen LogP contribution in [0.5, 0.6) is 0 Å². The van der Waals surface area contributed by atoms with Gasteiger partial charge in [-0.2, -0.15) is 0 Å². The van der Waals surface area contributed by atoms with Gasteiger partial charge in [0.05, 0.1) is 30.8 Å². The Bertz CT molecular complexity index is 812. The highest BCUT2D eigenvalue weighted by Gasteiger charge is 2.13. The number of hydrogen-bond donors (Lipinski definition) is 0. The van der Waals surface area contributed by atoms with Gasteiger partial charge in [-0.05, 0) is 17.7 Å². The van der Waals surface area contributed by atoms with Crippen LogP contribution in [-0.4, -0.2) is 53.1 Å². The van der Waals surface area contributed by atoms with Gasteiger partial charge in [-0.25, -0.2) is 4.98 Å². The fourth-order valence-electron chi connectivity index (χ4n) is 3.17. The van der Waals surface area contributed by atoms with E-state index in [0.717, 1.165) is 55.8 Å². The molecule has 5 heteroatoms. The number of thioether (sulfide) groups is 1. The van der Waals surface area contributed by atoms with E-state index in [2.05, 4.69) is 64.1 Å².